The van der Waals surface area contributed by atoms with Crippen LogP contribution >= 0.6 is 0 Å². The van der Waals surface area contributed by atoms with E-state index in [9.17, 15) is 4.79 Å². The molecule has 0 atom stereocenters. The molecule has 0 saturated carbocycles. The molecule has 0 heterocycles. The molecule has 0 aromatic carbocycles. The lowest BCUT2D eigenvalue weighted by molar-refractivity contribution is -0.148. The van der Waals surface area contributed by atoms with E-state index in [1.807, 2.05) is 0 Å². The minimum Gasteiger partial charge on any atom is -0.464 e. The number of carbonyl (C=O) groups excluding carboxylic acids is 1. The quantitative estimate of drug-likeness (QED) is 0.433. The van der Waals surface area contributed by atoms with E-state index >= 15 is 0 Å². The summed E-state index contributed by atoms with van der Waals surface area (Å²) in [6.07, 6.45) is 0.770. The summed E-state index contributed by atoms with van der Waals surface area (Å²) in [7, 11) is 0. The summed E-state index contributed by atoms with van der Waals surface area (Å²) >= 11 is 0. The third-order valence-corrected chi connectivity index (χ3v) is 2.16. The molecule has 0 bridgehead atoms. The van der Waals surface area contributed by atoms with Gasteiger partial charge >= 0.3 is 5.97 Å². The summed E-state index contributed by atoms with van der Waals surface area (Å²) in [5, 5.41) is 8.69. The number of hydrogen-bond acceptors (Lipinski definition) is 5. The highest BCUT2D eigenvalue weighted by molar-refractivity contribution is 5.70. The van der Waals surface area contributed by atoms with Crippen LogP contribution in [0.4, 0.5) is 0 Å². The van der Waals surface area contributed by atoms with Gasteiger partial charge in [-0.2, -0.15) is 0 Å². The number of nitrogens with zero attached hydrogens (tertiary/aromatic N) is 1. The number of likely N-dealkylation sites (N-methyl/N-ethyl adjacent to an activating group) is 1. The van der Waals surface area contributed by atoms with Gasteiger partial charge in [-0.15, -0.1) is 0 Å². The van der Waals surface area contributed by atoms with Gasteiger partial charge in [-0.3, -0.25) is 0 Å². The Morgan fingerprint density at radius 3 is 2.62 bits per heavy atom. The number of hydrogen-bond donors (Lipinski definition) is 1. The summed E-state index contributed by atoms with van der Waals surface area (Å²) in [5.41, 5.74) is 0. The molecule has 0 aromatic heterocycles. The molecule has 0 spiro atoms. The lowest BCUT2D eigenvalue weighted by Gasteiger charge is -2.19. The lowest BCUT2D eigenvalue weighted by atomic mass is 10.4. The summed E-state index contributed by atoms with van der Waals surface area (Å²) in [4.78, 5) is 13.1. The van der Waals surface area contributed by atoms with Crippen molar-refractivity contribution in [3.8, 4) is 0 Å². The average molecular weight is 233 g/mol. The van der Waals surface area contributed by atoms with Crippen molar-refractivity contribution in [3.05, 3.63) is 0 Å². The molecule has 0 aliphatic rings. The molecule has 0 aromatic rings. The van der Waals surface area contributed by atoms with Crippen LogP contribution < -0.4 is 0 Å². The van der Waals surface area contributed by atoms with Crippen LogP contribution in [0.1, 0.15) is 20.3 Å². The molecule has 5 nitrogen and oxygen atoms in total. The fraction of sp³-hybridized carbons (Fsp3) is 0.909. The third kappa shape index (κ3) is 8.64. The maximum absolute atomic E-state index is 10.9. The van der Waals surface area contributed by atoms with E-state index in [1.54, 1.807) is 6.92 Å². The summed E-state index contributed by atoms with van der Waals surface area (Å²) in [5.74, 6) is -0.319. The number of carbonyl (C=O) groups is 1. The van der Waals surface area contributed by atoms with Crippen molar-refractivity contribution in [1.29, 1.82) is 0 Å². The zero-order valence-corrected chi connectivity index (χ0v) is 10.3. The zero-order chi connectivity index (χ0) is 12.2. The summed E-state index contributed by atoms with van der Waals surface area (Å²) in [6.45, 7) is 7.51. The molecule has 0 fully saturated rings. The molecule has 0 amide bonds. The number of aliphatic hydroxyl groups excluding tert-OH is 1. The highest BCUT2D eigenvalue weighted by Gasteiger charge is 2.04. The molecular formula is C11H23NO4. The second kappa shape index (κ2) is 10.9. The highest BCUT2D eigenvalue weighted by atomic mass is 16.6. The van der Waals surface area contributed by atoms with Crippen LogP contribution in [0.3, 0.4) is 0 Å². The number of esters is 1. The van der Waals surface area contributed by atoms with Crippen LogP contribution in [0, 0.1) is 0 Å². The van der Waals surface area contributed by atoms with Gasteiger partial charge in [-0.1, -0.05) is 6.92 Å². The van der Waals surface area contributed by atoms with Crippen LogP contribution in [-0.4, -0.2) is 62.0 Å². The fourth-order valence-corrected chi connectivity index (χ4v) is 1.27. The predicted molar refractivity (Wildman–Crippen MR) is 61.3 cm³/mol. The minimum absolute atomic E-state index is 0.0192. The predicted octanol–water partition coefficient (Wildman–Crippen LogP) is 0.270. The smallest absolute Gasteiger partial charge is 0.332 e. The first kappa shape index (κ1) is 15.3. The number of rotatable bonds is 10. The van der Waals surface area contributed by atoms with Gasteiger partial charge in [0.05, 0.1) is 13.2 Å². The van der Waals surface area contributed by atoms with Gasteiger partial charge in [0.2, 0.25) is 0 Å². The van der Waals surface area contributed by atoms with Crippen LogP contribution in [-0.2, 0) is 14.3 Å². The van der Waals surface area contributed by atoms with E-state index in [0.29, 0.717) is 13.2 Å². The first-order valence-corrected chi connectivity index (χ1v) is 5.81. The average Bonchev–Trinajstić information content (AvgIpc) is 2.28. The molecule has 0 saturated heterocycles. The van der Waals surface area contributed by atoms with Crippen LogP contribution in [0.15, 0.2) is 0 Å². The first-order chi connectivity index (χ1) is 7.74. The zero-order valence-electron chi connectivity index (χ0n) is 10.3. The lowest BCUT2D eigenvalue weighted by Crippen LogP contribution is -2.29. The fourth-order valence-electron chi connectivity index (χ4n) is 1.27. The standard InChI is InChI=1S/C11H23NO4/c1-3-12(6-5-8-13)7-9-15-10-11(14)16-4-2/h13H,3-10H2,1-2H3. The normalized spacial score (nSPS) is 10.8. The van der Waals surface area contributed by atoms with Crippen molar-refractivity contribution in [2.24, 2.45) is 0 Å². The SMILES string of the molecule is CCOC(=O)COCCN(CC)CCCO. The van der Waals surface area contributed by atoms with Gasteiger partial charge in [0.1, 0.15) is 6.61 Å². The van der Waals surface area contributed by atoms with Gasteiger partial charge in [0.15, 0.2) is 0 Å². The van der Waals surface area contributed by atoms with Gasteiger partial charge in [-0.05, 0) is 19.9 Å². The van der Waals surface area contributed by atoms with Crippen molar-refractivity contribution >= 4 is 5.97 Å². The molecule has 0 radical (unpaired) electrons. The van der Waals surface area contributed by atoms with Crippen molar-refractivity contribution in [1.82, 2.24) is 4.90 Å². The minimum atomic E-state index is -0.319. The monoisotopic (exact) mass is 233 g/mol. The van der Waals surface area contributed by atoms with Crippen molar-refractivity contribution in [2.75, 3.05) is 46.1 Å². The maximum Gasteiger partial charge on any atom is 0.332 e. The second-order valence-electron chi connectivity index (χ2n) is 3.37. The molecule has 0 aliphatic carbocycles. The first-order valence-electron chi connectivity index (χ1n) is 5.81. The molecule has 0 unspecified atom stereocenters. The van der Waals surface area contributed by atoms with E-state index in [1.165, 1.54) is 0 Å². The Kier molecular flexibility index (Phi) is 10.4. The summed E-state index contributed by atoms with van der Waals surface area (Å²) < 4.78 is 9.91. The Morgan fingerprint density at radius 2 is 2.06 bits per heavy atom. The van der Waals surface area contributed by atoms with Gasteiger partial charge in [0.25, 0.3) is 0 Å². The molecule has 96 valence electrons. The van der Waals surface area contributed by atoms with Crippen molar-refractivity contribution in [2.45, 2.75) is 20.3 Å². The van der Waals surface area contributed by atoms with Crippen LogP contribution in [0.2, 0.25) is 0 Å². The largest absolute Gasteiger partial charge is 0.464 e. The summed E-state index contributed by atoms with van der Waals surface area (Å²) in [6, 6.07) is 0. The molecule has 16 heavy (non-hydrogen) atoms. The Morgan fingerprint density at radius 1 is 1.31 bits per heavy atom. The molecule has 0 rings (SSSR count). The van der Waals surface area contributed by atoms with E-state index in [-0.39, 0.29) is 19.2 Å². The van der Waals surface area contributed by atoms with E-state index in [4.69, 9.17) is 14.6 Å². The topological polar surface area (TPSA) is 59.0 Å². The Bertz CT molecular complexity index is 175. The van der Waals surface area contributed by atoms with Crippen molar-refractivity contribution in [3.63, 3.8) is 0 Å². The highest BCUT2D eigenvalue weighted by Crippen LogP contribution is 1.91. The molecule has 0 aliphatic heterocycles. The van der Waals surface area contributed by atoms with Crippen LogP contribution in [0.5, 0.6) is 0 Å². The van der Waals surface area contributed by atoms with E-state index in [2.05, 4.69) is 11.8 Å². The Hall–Kier alpha value is -0.650. The van der Waals surface area contributed by atoms with Crippen molar-refractivity contribution < 1.29 is 19.4 Å². The molecular weight excluding hydrogens is 210 g/mol. The number of aliphatic hydroxyl groups is 1. The third-order valence-electron chi connectivity index (χ3n) is 2.16. The van der Waals surface area contributed by atoms with Crippen LogP contribution in [0.25, 0.3) is 0 Å². The second-order valence-corrected chi connectivity index (χ2v) is 3.37. The van der Waals surface area contributed by atoms with Gasteiger partial charge < -0.3 is 19.5 Å². The van der Waals surface area contributed by atoms with E-state index in [0.717, 1.165) is 26.1 Å². The van der Waals surface area contributed by atoms with E-state index < -0.39 is 0 Å². The molecule has 1 N–H and O–H groups in total. The Labute approximate surface area is 97.3 Å². The number of ether oxygens (including phenoxy) is 2. The van der Waals surface area contributed by atoms with Gasteiger partial charge in [-0.25, -0.2) is 4.79 Å². The molecule has 5 heteroatoms. The maximum atomic E-state index is 10.9. The Balaban J connectivity index is 3.43. The van der Waals surface area contributed by atoms with Gasteiger partial charge in [0, 0.05) is 19.7 Å².